The van der Waals surface area contributed by atoms with Crippen molar-refractivity contribution in [1.82, 2.24) is 0 Å². The van der Waals surface area contributed by atoms with E-state index in [9.17, 15) is 4.79 Å². The van der Waals surface area contributed by atoms with Crippen LogP contribution in [0.15, 0.2) is 82.8 Å². The van der Waals surface area contributed by atoms with Gasteiger partial charge in [-0.2, -0.15) is 0 Å². The Morgan fingerprint density at radius 2 is 1.58 bits per heavy atom. The molecule has 3 nitrogen and oxygen atoms in total. The van der Waals surface area contributed by atoms with E-state index in [1.165, 1.54) is 5.56 Å². The first kappa shape index (κ1) is 19.7. The van der Waals surface area contributed by atoms with Gasteiger partial charge in [-0.3, -0.25) is 0 Å². The molecule has 0 N–H and O–H groups in total. The van der Waals surface area contributed by atoms with Gasteiger partial charge < -0.3 is 9.15 Å². The van der Waals surface area contributed by atoms with Crippen molar-refractivity contribution in [2.24, 2.45) is 0 Å². The SMILES string of the molecule is Cc1ccc2cc(C3=C/C(=C/c4ccc(-c5ccc(Cl)c(Cl)c5)o4)C(=O)O3)ccc2c1. The van der Waals surface area contributed by atoms with Crippen LogP contribution in [0.1, 0.15) is 16.9 Å². The fraction of sp³-hybridized carbons (Fsp3) is 0.0385. The van der Waals surface area contributed by atoms with E-state index in [0.717, 1.165) is 21.9 Å². The number of ether oxygens (including phenoxy) is 1. The number of halogens is 2. The van der Waals surface area contributed by atoms with Crippen LogP contribution in [0.4, 0.5) is 0 Å². The Labute approximate surface area is 189 Å². The van der Waals surface area contributed by atoms with Gasteiger partial charge in [-0.15, -0.1) is 0 Å². The number of hydrogen-bond donors (Lipinski definition) is 0. The highest BCUT2D eigenvalue weighted by molar-refractivity contribution is 6.42. The molecule has 0 saturated heterocycles. The molecule has 4 aromatic rings. The van der Waals surface area contributed by atoms with E-state index in [4.69, 9.17) is 32.4 Å². The smallest absolute Gasteiger partial charge is 0.343 e. The van der Waals surface area contributed by atoms with Crippen LogP contribution in [0.25, 0.3) is 33.9 Å². The summed E-state index contributed by atoms with van der Waals surface area (Å²) < 4.78 is 11.4. The summed E-state index contributed by atoms with van der Waals surface area (Å²) in [5.41, 5.74) is 3.28. The summed E-state index contributed by atoms with van der Waals surface area (Å²) in [4.78, 5) is 12.4. The maximum Gasteiger partial charge on any atom is 0.343 e. The predicted octanol–water partition coefficient (Wildman–Crippen LogP) is 7.70. The van der Waals surface area contributed by atoms with Gasteiger partial charge in [0.1, 0.15) is 17.3 Å². The molecule has 5 heteroatoms. The summed E-state index contributed by atoms with van der Waals surface area (Å²) >= 11 is 12.1. The van der Waals surface area contributed by atoms with Gasteiger partial charge >= 0.3 is 5.97 Å². The van der Waals surface area contributed by atoms with E-state index >= 15 is 0 Å². The molecular formula is C26H16Cl2O3. The van der Waals surface area contributed by atoms with Crippen LogP contribution in [0.2, 0.25) is 10.0 Å². The van der Waals surface area contributed by atoms with Crippen LogP contribution in [-0.2, 0) is 9.53 Å². The molecule has 0 unspecified atom stereocenters. The molecule has 1 aliphatic heterocycles. The molecule has 0 aliphatic carbocycles. The van der Waals surface area contributed by atoms with E-state index in [0.29, 0.717) is 32.9 Å². The first-order valence-electron chi connectivity index (χ1n) is 9.68. The summed E-state index contributed by atoms with van der Waals surface area (Å²) in [6.07, 6.45) is 3.40. The highest BCUT2D eigenvalue weighted by Crippen LogP contribution is 2.32. The Balaban J connectivity index is 1.44. The van der Waals surface area contributed by atoms with Gasteiger partial charge in [0.15, 0.2) is 0 Å². The molecule has 31 heavy (non-hydrogen) atoms. The Morgan fingerprint density at radius 1 is 0.806 bits per heavy atom. The van der Waals surface area contributed by atoms with Crippen molar-refractivity contribution in [3.63, 3.8) is 0 Å². The Kier molecular flexibility index (Phi) is 4.93. The maximum absolute atomic E-state index is 12.4. The van der Waals surface area contributed by atoms with Gasteiger partial charge in [0.25, 0.3) is 0 Å². The van der Waals surface area contributed by atoms with Crippen LogP contribution in [0.3, 0.4) is 0 Å². The molecule has 3 aromatic carbocycles. The molecule has 0 atom stereocenters. The third kappa shape index (κ3) is 3.90. The van der Waals surface area contributed by atoms with Gasteiger partial charge in [-0.25, -0.2) is 4.79 Å². The van der Waals surface area contributed by atoms with Crippen LogP contribution in [0, 0.1) is 6.92 Å². The molecule has 0 saturated carbocycles. The summed E-state index contributed by atoms with van der Waals surface area (Å²) in [6, 6.07) is 21.2. The lowest BCUT2D eigenvalue weighted by atomic mass is 10.0. The number of rotatable bonds is 3. The van der Waals surface area contributed by atoms with Crippen LogP contribution < -0.4 is 0 Å². The van der Waals surface area contributed by atoms with Crippen molar-refractivity contribution in [2.75, 3.05) is 0 Å². The molecule has 2 heterocycles. The number of hydrogen-bond acceptors (Lipinski definition) is 3. The molecule has 0 radical (unpaired) electrons. The minimum absolute atomic E-state index is 0.411. The Morgan fingerprint density at radius 3 is 2.42 bits per heavy atom. The zero-order valence-corrected chi connectivity index (χ0v) is 18.0. The van der Waals surface area contributed by atoms with Gasteiger partial charge in [0.2, 0.25) is 0 Å². The standard InChI is InChI=1S/C26H16Cl2O3/c1-15-2-3-17-11-18(5-4-16(17)10-15)25-14-20(26(29)31-25)12-21-7-9-24(30-21)19-6-8-22(27)23(28)13-19/h2-14H,1H3/b20-12-. The molecule has 1 aliphatic rings. The number of esters is 1. The third-order valence-electron chi connectivity index (χ3n) is 5.13. The number of fused-ring (bicyclic) bond motifs is 1. The Bertz CT molecular complexity index is 1410. The van der Waals surface area contributed by atoms with Crippen molar-refractivity contribution in [3.8, 4) is 11.3 Å². The molecular weight excluding hydrogens is 431 g/mol. The summed E-state index contributed by atoms with van der Waals surface area (Å²) in [6.45, 7) is 2.06. The van der Waals surface area contributed by atoms with E-state index in [2.05, 4.69) is 25.1 Å². The minimum Gasteiger partial charge on any atom is -0.457 e. The average Bonchev–Trinajstić information content (AvgIpc) is 3.37. The van der Waals surface area contributed by atoms with Crippen molar-refractivity contribution in [3.05, 3.63) is 105 Å². The number of carbonyl (C=O) groups excluding carboxylic acids is 1. The predicted molar refractivity (Wildman–Crippen MR) is 125 cm³/mol. The average molecular weight is 447 g/mol. The van der Waals surface area contributed by atoms with Crippen molar-refractivity contribution in [2.45, 2.75) is 6.92 Å². The lowest BCUT2D eigenvalue weighted by molar-refractivity contribution is -0.130. The number of carbonyl (C=O) groups is 1. The number of cyclic esters (lactones) is 1. The largest absolute Gasteiger partial charge is 0.457 e. The lowest BCUT2D eigenvalue weighted by Crippen LogP contribution is -1.97. The number of aryl methyl sites for hydroxylation is 1. The fourth-order valence-corrected chi connectivity index (χ4v) is 3.84. The second kappa shape index (κ2) is 7.77. The summed E-state index contributed by atoms with van der Waals surface area (Å²) in [5, 5.41) is 3.17. The van der Waals surface area contributed by atoms with Crippen LogP contribution in [0.5, 0.6) is 0 Å². The van der Waals surface area contributed by atoms with Crippen molar-refractivity contribution >= 4 is 51.8 Å². The third-order valence-corrected chi connectivity index (χ3v) is 5.87. The number of furan rings is 1. The lowest BCUT2D eigenvalue weighted by Gasteiger charge is -2.05. The van der Waals surface area contributed by atoms with Crippen LogP contribution in [-0.4, -0.2) is 5.97 Å². The molecule has 5 rings (SSSR count). The van der Waals surface area contributed by atoms with Crippen LogP contribution >= 0.6 is 23.2 Å². The van der Waals surface area contributed by atoms with E-state index in [-0.39, 0.29) is 0 Å². The number of benzene rings is 3. The first-order chi connectivity index (χ1) is 15.0. The van der Waals surface area contributed by atoms with Crippen molar-refractivity contribution < 1.29 is 13.9 Å². The fourth-order valence-electron chi connectivity index (χ4n) is 3.54. The molecule has 0 fully saturated rings. The van der Waals surface area contributed by atoms with E-state index < -0.39 is 5.97 Å². The highest BCUT2D eigenvalue weighted by atomic mass is 35.5. The molecule has 0 bridgehead atoms. The molecule has 0 spiro atoms. The van der Waals surface area contributed by atoms with Gasteiger partial charge in [-0.1, -0.05) is 59.1 Å². The van der Waals surface area contributed by atoms with Gasteiger partial charge in [0.05, 0.1) is 15.6 Å². The summed E-state index contributed by atoms with van der Waals surface area (Å²) in [7, 11) is 0. The normalized spacial score (nSPS) is 14.9. The summed E-state index contributed by atoms with van der Waals surface area (Å²) in [5.74, 6) is 1.28. The Hall–Kier alpha value is -3.27. The zero-order valence-electron chi connectivity index (χ0n) is 16.5. The molecule has 1 aromatic heterocycles. The molecule has 152 valence electrons. The second-order valence-electron chi connectivity index (χ2n) is 7.39. The van der Waals surface area contributed by atoms with Crippen molar-refractivity contribution in [1.29, 1.82) is 0 Å². The topological polar surface area (TPSA) is 39.4 Å². The quantitative estimate of drug-likeness (QED) is 0.239. The van der Waals surface area contributed by atoms with E-state index in [1.807, 2.05) is 30.3 Å². The minimum atomic E-state index is -0.411. The van der Waals surface area contributed by atoms with E-state index in [1.54, 1.807) is 30.4 Å². The zero-order chi connectivity index (χ0) is 21.5. The maximum atomic E-state index is 12.4. The van der Waals surface area contributed by atoms with Gasteiger partial charge in [0, 0.05) is 11.1 Å². The highest BCUT2D eigenvalue weighted by Gasteiger charge is 2.22. The second-order valence-corrected chi connectivity index (χ2v) is 8.21. The first-order valence-corrected chi connectivity index (χ1v) is 10.4. The van der Waals surface area contributed by atoms with Gasteiger partial charge in [-0.05, 0) is 66.2 Å². The monoisotopic (exact) mass is 446 g/mol. The molecule has 0 amide bonds.